The maximum atomic E-state index is 14.3. The maximum absolute atomic E-state index is 14.3. The van der Waals surface area contributed by atoms with Crippen LogP contribution in [0.15, 0.2) is 77.7 Å². The van der Waals surface area contributed by atoms with E-state index in [4.69, 9.17) is 4.74 Å². The Bertz CT molecular complexity index is 1390. The Hall–Kier alpha value is -2.92. The molecule has 0 saturated heterocycles. The highest BCUT2D eigenvalue weighted by Gasteiger charge is 2.73. The second-order valence-electron chi connectivity index (χ2n) is 9.63. The number of hydrogen-bond acceptors (Lipinski definition) is 3. The van der Waals surface area contributed by atoms with E-state index in [0.717, 1.165) is 36.4 Å². The van der Waals surface area contributed by atoms with Crippen molar-refractivity contribution < 1.29 is 43.9 Å². The van der Waals surface area contributed by atoms with Crippen LogP contribution in [0.2, 0.25) is 0 Å². The second-order valence-corrected chi connectivity index (χ2v) is 11.9. The summed E-state index contributed by atoms with van der Waals surface area (Å²) >= 11 is 0. The molecule has 3 aromatic rings. The van der Waals surface area contributed by atoms with Gasteiger partial charge >= 0.3 is 12.4 Å². The maximum Gasteiger partial charge on any atom is 0.430 e. The number of aryl methyl sites for hydroxylation is 1. The van der Waals surface area contributed by atoms with Gasteiger partial charge in [0, 0.05) is 5.56 Å². The van der Waals surface area contributed by atoms with Gasteiger partial charge < -0.3 is 4.74 Å². The summed E-state index contributed by atoms with van der Waals surface area (Å²) in [4.78, 5) is -0.184. The molecule has 0 aliphatic heterocycles. The standard InChI is InChI=1S/C28H25F7O3S/c1-19-6-2-3-7-20(19)18-38-26(27(30,31)32,28(33,34)35)22-10-8-21(9-11-22)25(16-4-5-17-25)39(36,37)24-14-12-23(29)13-15-24/h2-3,6-15H,4-5,16-18H2,1H3. The number of alkyl halides is 6. The fourth-order valence-electron chi connectivity index (χ4n) is 5.20. The van der Waals surface area contributed by atoms with Crippen molar-refractivity contribution in [1.29, 1.82) is 0 Å². The molecule has 0 heterocycles. The molecule has 0 spiro atoms. The SMILES string of the molecule is Cc1ccccc1COC(c1ccc(C2(S(=O)(=O)c3ccc(F)cc3)CCCC2)cc1)(C(F)(F)F)C(F)(F)F. The largest absolute Gasteiger partial charge is 0.430 e. The topological polar surface area (TPSA) is 43.4 Å². The number of halogens is 7. The molecular weight excluding hydrogens is 549 g/mol. The molecule has 0 N–H and O–H groups in total. The van der Waals surface area contributed by atoms with Gasteiger partial charge in [0.15, 0.2) is 9.84 Å². The first-order valence-electron chi connectivity index (χ1n) is 12.1. The van der Waals surface area contributed by atoms with Crippen LogP contribution in [0.25, 0.3) is 0 Å². The lowest BCUT2D eigenvalue weighted by atomic mass is 9.88. The number of rotatable bonds is 7. The lowest BCUT2D eigenvalue weighted by molar-refractivity contribution is -0.392. The Morgan fingerprint density at radius 3 is 1.85 bits per heavy atom. The Kier molecular flexibility index (Phi) is 7.63. The molecule has 0 bridgehead atoms. The number of ether oxygens (including phenoxy) is 1. The molecule has 0 atom stereocenters. The predicted octanol–water partition coefficient (Wildman–Crippen LogP) is 7.91. The fraction of sp³-hybridized carbons (Fsp3) is 0.357. The predicted molar refractivity (Wildman–Crippen MR) is 130 cm³/mol. The molecule has 0 unspecified atom stereocenters. The van der Waals surface area contributed by atoms with Crippen LogP contribution in [-0.2, 0) is 31.5 Å². The first-order chi connectivity index (χ1) is 18.2. The Labute approximate surface area is 221 Å². The zero-order chi connectivity index (χ0) is 28.7. The van der Waals surface area contributed by atoms with Crippen LogP contribution in [0.5, 0.6) is 0 Å². The van der Waals surface area contributed by atoms with Crippen molar-refractivity contribution in [3.63, 3.8) is 0 Å². The Morgan fingerprint density at radius 1 is 0.795 bits per heavy atom. The van der Waals surface area contributed by atoms with Crippen molar-refractivity contribution in [3.05, 3.63) is 101 Å². The fourth-order valence-corrected chi connectivity index (χ4v) is 7.42. The molecule has 39 heavy (non-hydrogen) atoms. The van der Waals surface area contributed by atoms with E-state index < -0.39 is 50.5 Å². The molecule has 1 aliphatic carbocycles. The van der Waals surface area contributed by atoms with E-state index in [2.05, 4.69) is 0 Å². The smallest absolute Gasteiger partial charge is 0.349 e. The van der Waals surface area contributed by atoms with Gasteiger partial charge in [-0.2, -0.15) is 26.3 Å². The van der Waals surface area contributed by atoms with Crippen molar-refractivity contribution >= 4 is 9.84 Å². The summed E-state index contributed by atoms with van der Waals surface area (Å²) in [5.41, 5.74) is -5.19. The third-order valence-electron chi connectivity index (χ3n) is 7.37. The van der Waals surface area contributed by atoms with Gasteiger partial charge in [-0.3, -0.25) is 0 Å². The molecule has 1 aliphatic rings. The first-order valence-corrected chi connectivity index (χ1v) is 13.6. The van der Waals surface area contributed by atoms with Crippen molar-refractivity contribution in [1.82, 2.24) is 0 Å². The van der Waals surface area contributed by atoms with Crippen molar-refractivity contribution in [3.8, 4) is 0 Å². The lowest BCUT2D eigenvalue weighted by Crippen LogP contribution is -2.55. The van der Waals surface area contributed by atoms with Gasteiger partial charge in [0.05, 0.1) is 11.5 Å². The van der Waals surface area contributed by atoms with E-state index in [0.29, 0.717) is 30.5 Å². The molecule has 1 fully saturated rings. The van der Waals surface area contributed by atoms with E-state index in [-0.39, 0.29) is 28.9 Å². The first kappa shape index (κ1) is 29.1. The van der Waals surface area contributed by atoms with Crippen LogP contribution in [0.1, 0.15) is 47.9 Å². The third-order valence-corrected chi connectivity index (χ3v) is 9.94. The van der Waals surface area contributed by atoms with Gasteiger partial charge in [0.2, 0.25) is 0 Å². The van der Waals surface area contributed by atoms with E-state index in [1.165, 1.54) is 12.1 Å². The third kappa shape index (κ3) is 4.95. The summed E-state index contributed by atoms with van der Waals surface area (Å²) in [7, 11) is -4.17. The Morgan fingerprint density at radius 2 is 1.33 bits per heavy atom. The van der Waals surface area contributed by atoms with Crippen LogP contribution in [0.4, 0.5) is 30.7 Å². The highest BCUT2D eigenvalue weighted by Crippen LogP contribution is 2.54. The molecule has 0 amide bonds. The zero-order valence-electron chi connectivity index (χ0n) is 20.7. The minimum Gasteiger partial charge on any atom is -0.349 e. The monoisotopic (exact) mass is 574 g/mol. The van der Waals surface area contributed by atoms with E-state index >= 15 is 0 Å². The second kappa shape index (κ2) is 10.2. The molecule has 1 saturated carbocycles. The number of hydrogen-bond donors (Lipinski definition) is 0. The van der Waals surface area contributed by atoms with Crippen LogP contribution >= 0.6 is 0 Å². The minimum atomic E-state index is -5.89. The quantitative estimate of drug-likeness (QED) is 0.213. The van der Waals surface area contributed by atoms with Gasteiger partial charge in [-0.1, -0.05) is 61.4 Å². The van der Waals surface area contributed by atoms with E-state index in [1.807, 2.05) is 0 Å². The summed E-state index contributed by atoms with van der Waals surface area (Å²) in [6, 6.07) is 13.4. The molecule has 3 nitrogen and oxygen atoms in total. The van der Waals surface area contributed by atoms with Crippen molar-refractivity contribution in [2.75, 3.05) is 0 Å². The van der Waals surface area contributed by atoms with Crippen molar-refractivity contribution in [2.24, 2.45) is 0 Å². The van der Waals surface area contributed by atoms with Gasteiger partial charge in [-0.25, -0.2) is 12.8 Å². The molecule has 210 valence electrons. The van der Waals surface area contributed by atoms with Gasteiger partial charge in [-0.05, 0) is 60.7 Å². The molecular formula is C28H25F7O3S. The molecule has 3 aromatic carbocycles. The van der Waals surface area contributed by atoms with E-state index in [9.17, 15) is 39.2 Å². The van der Waals surface area contributed by atoms with Gasteiger partial charge in [0.25, 0.3) is 5.60 Å². The van der Waals surface area contributed by atoms with Crippen LogP contribution in [-0.4, -0.2) is 20.8 Å². The molecule has 0 aromatic heterocycles. The van der Waals surface area contributed by atoms with Gasteiger partial charge in [0.1, 0.15) is 10.6 Å². The van der Waals surface area contributed by atoms with Gasteiger partial charge in [-0.15, -0.1) is 0 Å². The average molecular weight is 575 g/mol. The van der Waals surface area contributed by atoms with Crippen LogP contribution in [0.3, 0.4) is 0 Å². The number of sulfone groups is 1. The molecule has 4 rings (SSSR count). The lowest BCUT2D eigenvalue weighted by Gasteiger charge is -2.38. The summed E-state index contributed by atoms with van der Waals surface area (Å²) in [5.74, 6) is -0.653. The summed E-state index contributed by atoms with van der Waals surface area (Å²) in [6.45, 7) is 0.579. The summed E-state index contributed by atoms with van der Waals surface area (Å²) < 4.78 is 130. The zero-order valence-corrected chi connectivity index (χ0v) is 21.6. The molecule has 0 radical (unpaired) electrons. The highest BCUT2D eigenvalue weighted by atomic mass is 32.2. The van der Waals surface area contributed by atoms with E-state index in [1.54, 1.807) is 19.1 Å². The summed E-state index contributed by atoms with van der Waals surface area (Å²) in [5, 5.41) is 0. The molecule has 11 heteroatoms. The average Bonchev–Trinajstić information content (AvgIpc) is 3.36. The normalized spacial score (nSPS) is 16.4. The summed E-state index contributed by atoms with van der Waals surface area (Å²) in [6.07, 6.45) is -10.6. The van der Waals surface area contributed by atoms with Crippen LogP contribution in [0, 0.1) is 12.7 Å². The Balaban J connectivity index is 1.80. The van der Waals surface area contributed by atoms with Crippen LogP contribution < -0.4 is 0 Å². The highest BCUT2D eigenvalue weighted by molar-refractivity contribution is 7.92. The minimum absolute atomic E-state index is 0.0604. The number of benzene rings is 3. The van der Waals surface area contributed by atoms with Crippen molar-refractivity contribution in [2.45, 2.75) is 66.8 Å².